The molecule has 0 unspecified atom stereocenters. The minimum absolute atomic E-state index is 0.0850. The number of methoxy groups -OCH3 is 1. The summed E-state index contributed by atoms with van der Waals surface area (Å²) in [6.45, 7) is 0.507. The Labute approximate surface area is 201 Å². The Morgan fingerprint density at radius 1 is 1.12 bits per heavy atom. The molecule has 0 radical (unpaired) electrons. The molecule has 3 aromatic rings. The van der Waals surface area contributed by atoms with E-state index < -0.39 is 18.0 Å². The van der Waals surface area contributed by atoms with E-state index in [1.807, 2.05) is 30.3 Å². The number of aromatic nitrogens is 1. The largest absolute Gasteiger partial charge is 0.493 e. The van der Waals surface area contributed by atoms with Gasteiger partial charge in [-0.05, 0) is 42.0 Å². The van der Waals surface area contributed by atoms with Crippen molar-refractivity contribution in [2.45, 2.75) is 17.5 Å². The van der Waals surface area contributed by atoms with E-state index in [-0.39, 0.29) is 5.56 Å². The van der Waals surface area contributed by atoms with Crippen molar-refractivity contribution in [3.8, 4) is 5.75 Å². The molecule has 2 N–H and O–H groups in total. The van der Waals surface area contributed by atoms with Crippen molar-refractivity contribution >= 4 is 41.0 Å². The fraction of sp³-hybridized carbons (Fsp3) is 0.208. The monoisotopic (exact) mass is 486 g/mol. The second kappa shape index (κ2) is 12.1. The average molecular weight is 487 g/mol. The summed E-state index contributed by atoms with van der Waals surface area (Å²) in [5.74, 6) is -0.118. The van der Waals surface area contributed by atoms with Gasteiger partial charge in [0.25, 0.3) is 0 Å². The van der Waals surface area contributed by atoms with Gasteiger partial charge in [0, 0.05) is 24.1 Å². The Morgan fingerprint density at radius 3 is 2.55 bits per heavy atom. The van der Waals surface area contributed by atoms with E-state index in [1.165, 1.54) is 13.2 Å². The molecule has 0 amide bonds. The van der Waals surface area contributed by atoms with E-state index in [1.54, 1.807) is 42.2 Å². The first-order chi connectivity index (χ1) is 16.0. The molecule has 1 heterocycles. The van der Waals surface area contributed by atoms with Gasteiger partial charge in [0.2, 0.25) is 0 Å². The number of carbonyl (C=O) groups excluding carboxylic acids is 1. The minimum atomic E-state index is -1.08. The highest BCUT2D eigenvalue weighted by Crippen LogP contribution is 2.21. The van der Waals surface area contributed by atoms with E-state index in [0.29, 0.717) is 29.5 Å². The number of para-hydroxylation sites is 1. The number of benzene rings is 2. The highest BCUT2D eigenvalue weighted by molar-refractivity contribution is 7.99. The van der Waals surface area contributed by atoms with E-state index in [4.69, 9.17) is 21.1 Å². The molecule has 0 saturated carbocycles. The van der Waals surface area contributed by atoms with Crippen LogP contribution in [-0.2, 0) is 16.0 Å². The van der Waals surface area contributed by atoms with Crippen LogP contribution in [0.5, 0.6) is 5.75 Å². The van der Waals surface area contributed by atoms with Crippen molar-refractivity contribution in [3.05, 3.63) is 83.0 Å². The van der Waals surface area contributed by atoms with Crippen LogP contribution in [0.1, 0.15) is 15.9 Å². The first-order valence-corrected chi connectivity index (χ1v) is 11.5. The molecule has 0 bridgehead atoms. The summed E-state index contributed by atoms with van der Waals surface area (Å²) >= 11 is 7.41. The lowest BCUT2D eigenvalue weighted by Gasteiger charge is -2.19. The Kier molecular flexibility index (Phi) is 8.97. The summed E-state index contributed by atoms with van der Waals surface area (Å²) in [7, 11) is 1.30. The second-order valence-electron chi connectivity index (χ2n) is 6.93. The molecule has 0 aliphatic heterocycles. The van der Waals surface area contributed by atoms with Crippen LogP contribution in [0.25, 0.3) is 0 Å². The summed E-state index contributed by atoms with van der Waals surface area (Å²) in [6, 6.07) is 16.7. The predicted octanol–water partition coefficient (Wildman–Crippen LogP) is 4.80. The molecule has 0 spiro atoms. The molecule has 0 aliphatic rings. The number of aromatic carboxylic acids is 1. The molecule has 9 heteroatoms. The summed E-state index contributed by atoms with van der Waals surface area (Å²) < 4.78 is 10.7. The number of halogens is 1. The van der Waals surface area contributed by atoms with Gasteiger partial charge in [-0.15, -0.1) is 11.8 Å². The summed E-state index contributed by atoms with van der Waals surface area (Å²) in [6.07, 6.45) is 1.93. The third kappa shape index (κ3) is 7.40. The third-order valence-corrected chi connectivity index (χ3v) is 5.77. The van der Waals surface area contributed by atoms with Crippen LogP contribution in [0.4, 0.5) is 5.69 Å². The van der Waals surface area contributed by atoms with Crippen LogP contribution in [-0.4, -0.2) is 47.5 Å². The maximum atomic E-state index is 12.3. The van der Waals surface area contributed by atoms with Crippen molar-refractivity contribution in [2.75, 3.05) is 24.8 Å². The van der Waals surface area contributed by atoms with Crippen molar-refractivity contribution in [1.29, 1.82) is 0 Å². The van der Waals surface area contributed by atoms with Gasteiger partial charge in [0.05, 0.1) is 29.3 Å². The van der Waals surface area contributed by atoms with Crippen LogP contribution in [0, 0.1) is 0 Å². The van der Waals surface area contributed by atoms with E-state index in [2.05, 4.69) is 10.3 Å². The molecule has 1 aromatic heterocycles. The lowest BCUT2D eigenvalue weighted by molar-refractivity contribution is -0.141. The van der Waals surface area contributed by atoms with Gasteiger partial charge in [-0.3, -0.25) is 0 Å². The number of carbonyl (C=O) groups is 2. The van der Waals surface area contributed by atoms with E-state index in [9.17, 15) is 14.7 Å². The van der Waals surface area contributed by atoms with Gasteiger partial charge >= 0.3 is 11.9 Å². The number of nitrogens with one attached hydrogen (secondary N) is 1. The first-order valence-electron chi connectivity index (χ1n) is 10.1. The molecule has 33 heavy (non-hydrogen) atoms. The van der Waals surface area contributed by atoms with Gasteiger partial charge in [-0.25, -0.2) is 14.6 Å². The standard InChI is InChI=1S/C24H23ClN2O5S/c1-31-24(30)21(27-20-5-3-2-4-19(20)23(28)29)14-16-6-9-18(10-7-16)32-12-13-33-22-11-8-17(25)15-26-22/h2-11,15,21,27H,12-14H2,1H3,(H,28,29)/t21-/m0/s1. The minimum Gasteiger partial charge on any atom is -0.493 e. The smallest absolute Gasteiger partial charge is 0.337 e. The summed E-state index contributed by atoms with van der Waals surface area (Å²) in [5, 5.41) is 13.9. The average Bonchev–Trinajstić information content (AvgIpc) is 2.83. The van der Waals surface area contributed by atoms with Crippen molar-refractivity contribution in [3.63, 3.8) is 0 Å². The molecule has 172 valence electrons. The number of esters is 1. The fourth-order valence-corrected chi connectivity index (χ4v) is 3.81. The predicted molar refractivity (Wildman–Crippen MR) is 128 cm³/mol. The number of rotatable bonds is 11. The van der Waals surface area contributed by atoms with Crippen molar-refractivity contribution in [2.24, 2.45) is 0 Å². The zero-order valence-corrected chi connectivity index (χ0v) is 19.4. The lowest BCUT2D eigenvalue weighted by atomic mass is 10.0. The highest BCUT2D eigenvalue weighted by Gasteiger charge is 2.22. The molecular weight excluding hydrogens is 464 g/mol. The second-order valence-corrected chi connectivity index (χ2v) is 8.48. The molecular formula is C24H23ClN2O5S. The number of nitrogens with zero attached hydrogens (tertiary/aromatic N) is 1. The van der Waals surface area contributed by atoms with Gasteiger partial charge in [-0.1, -0.05) is 35.9 Å². The maximum absolute atomic E-state index is 12.3. The summed E-state index contributed by atoms with van der Waals surface area (Å²) in [4.78, 5) is 28.0. The van der Waals surface area contributed by atoms with Crippen LogP contribution >= 0.6 is 23.4 Å². The normalized spacial score (nSPS) is 11.5. The quantitative estimate of drug-likeness (QED) is 0.226. The van der Waals surface area contributed by atoms with Crippen LogP contribution < -0.4 is 10.1 Å². The van der Waals surface area contributed by atoms with Crippen LogP contribution in [0.2, 0.25) is 5.02 Å². The van der Waals surface area contributed by atoms with Gasteiger partial charge in [0.1, 0.15) is 11.8 Å². The van der Waals surface area contributed by atoms with E-state index >= 15 is 0 Å². The third-order valence-electron chi connectivity index (χ3n) is 4.64. The van der Waals surface area contributed by atoms with Gasteiger partial charge in [-0.2, -0.15) is 0 Å². The number of carboxylic acid groups (broad SMARTS) is 1. The molecule has 0 saturated heterocycles. The zero-order chi connectivity index (χ0) is 23.6. The number of carboxylic acids is 1. The first kappa shape index (κ1) is 24.4. The number of hydrogen-bond acceptors (Lipinski definition) is 7. The Balaban J connectivity index is 1.56. The molecule has 0 fully saturated rings. The number of hydrogen-bond donors (Lipinski definition) is 2. The number of pyridine rings is 1. The summed E-state index contributed by atoms with van der Waals surface area (Å²) in [5.41, 5.74) is 1.31. The Morgan fingerprint density at radius 2 is 1.88 bits per heavy atom. The number of ether oxygens (including phenoxy) is 2. The zero-order valence-electron chi connectivity index (χ0n) is 17.9. The molecule has 2 aromatic carbocycles. The fourth-order valence-electron chi connectivity index (χ4n) is 3.03. The highest BCUT2D eigenvalue weighted by atomic mass is 35.5. The van der Waals surface area contributed by atoms with Crippen molar-refractivity contribution in [1.82, 2.24) is 4.98 Å². The van der Waals surface area contributed by atoms with Crippen LogP contribution in [0.15, 0.2) is 71.9 Å². The molecule has 1 atom stereocenters. The molecule has 7 nitrogen and oxygen atoms in total. The topological polar surface area (TPSA) is 97.8 Å². The van der Waals surface area contributed by atoms with Crippen LogP contribution in [0.3, 0.4) is 0 Å². The number of anilines is 1. The van der Waals surface area contributed by atoms with Gasteiger partial charge < -0.3 is 19.9 Å². The van der Waals surface area contributed by atoms with E-state index in [0.717, 1.165) is 16.3 Å². The molecule has 0 aliphatic carbocycles. The van der Waals surface area contributed by atoms with Gasteiger partial charge in [0.15, 0.2) is 0 Å². The molecule has 3 rings (SSSR count). The Hall–Kier alpha value is -3.23. The number of thioether (sulfide) groups is 1. The SMILES string of the molecule is COC(=O)[C@H](Cc1ccc(OCCSc2ccc(Cl)cn2)cc1)Nc1ccccc1C(=O)O. The maximum Gasteiger partial charge on any atom is 0.337 e. The van der Waals surface area contributed by atoms with Crippen molar-refractivity contribution < 1.29 is 24.2 Å². The Bertz CT molecular complexity index is 1080. The lowest BCUT2D eigenvalue weighted by Crippen LogP contribution is -2.33.